The van der Waals surface area contributed by atoms with Gasteiger partial charge >= 0.3 is 0 Å². The van der Waals surface area contributed by atoms with Crippen LogP contribution >= 0.6 is 0 Å². The average molecular weight is 420 g/mol. The van der Waals surface area contributed by atoms with Crippen molar-refractivity contribution in [2.45, 2.75) is 52.7 Å². The number of ketones is 1. The molecule has 7 heteroatoms. The number of carbonyl (C=O) groups is 2. The fourth-order valence-electron chi connectivity index (χ4n) is 3.57. The third-order valence-electron chi connectivity index (χ3n) is 4.92. The summed E-state index contributed by atoms with van der Waals surface area (Å²) in [4.78, 5) is 27.4. The lowest BCUT2D eigenvalue weighted by Crippen LogP contribution is -2.33. The number of ether oxygens (including phenoxy) is 3. The van der Waals surface area contributed by atoms with Gasteiger partial charge in [0, 0.05) is 19.6 Å². The summed E-state index contributed by atoms with van der Waals surface area (Å²) in [6, 6.07) is 4.59. The highest BCUT2D eigenvalue weighted by Crippen LogP contribution is 2.41. The van der Waals surface area contributed by atoms with Crippen LogP contribution in [0.4, 0.5) is 0 Å². The largest absolute Gasteiger partial charge is 0.503 e. The van der Waals surface area contributed by atoms with Crippen LogP contribution in [0.25, 0.3) is 0 Å². The molecule has 1 aliphatic rings. The second-order valence-electron chi connectivity index (χ2n) is 8.07. The van der Waals surface area contributed by atoms with E-state index < -0.39 is 17.7 Å². The Morgan fingerprint density at radius 1 is 1.13 bits per heavy atom. The lowest BCUT2D eigenvalue weighted by atomic mass is 9.92. The van der Waals surface area contributed by atoms with Crippen molar-refractivity contribution in [1.29, 1.82) is 0 Å². The summed E-state index contributed by atoms with van der Waals surface area (Å²) in [7, 11) is 3.07. The zero-order valence-electron chi connectivity index (χ0n) is 18.7. The number of aliphatic hydroxyl groups excluding tert-OH is 1. The van der Waals surface area contributed by atoms with Crippen LogP contribution in [0.2, 0.25) is 0 Å². The van der Waals surface area contributed by atoms with Gasteiger partial charge in [-0.05, 0) is 43.9 Å². The Hall–Kier alpha value is -2.54. The van der Waals surface area contributed by atoms with Crippen LogP contribution in [0, 0.1) is 5.92 Å². The smallest absolute Gasteiger partial charge is 0.290 e. The van der Waals surface area contributed by atoms with Crippen molar-refractivity contribution in [2.24, 2.45) is 5.92 Å². The lowest BCUT2D eigenvalue weighted by molar-refractivity contribution is -0.129. The molecule has 0 aliphatic carbocycles. The van der Waals surface area contributed by atoms with E-state index in [-0.39, 0.29) is 29.8 Å². The van der Waals surface area contributed by atoms with Gasteiger partial charge in [0.15, 0.2) is 23.0 Å². The molecule has 0 aromatic heterocycles. The Morgan fingerprint density at radius 3 is 2.37 bits per heavy atom. The number of hydrogen-bond donors (Lipinski definition) is 1. The van der Waals surface area contributed by atoms with Crippen LogP contribution in [-0.2, 0) is 14.3 Å². The molecule has 0 radical (unpaired) electrons. The molecule has 1 heterocycles. The van der Waals surface area contributed by atoms with Crippen molar-refractivity contribution in [2.75, 3.05) is 27.4 Å². The van der Waals surface area contributed by atoms with Crippen LogP contribution in [0.5, 0.6) is 11.5 Å². The first kappa shape index (κ1) is 23.7. The van der Waals surface area contributed by atoms with Crippen LogP contribution in [0.1, 0.15) is 52.1 Å². The number of hydrogen-bond acceptors (Lipinski definition) is 6. The van der Waals surface area contributed by atoms with Gasteiger partial charge in [0.2, 0.25) is 0 Å². The van der Waals surface area contributed by atoms with Crippen LogP contribution < -0.4 is 9.47 Å². The second kappa shape index (κ2) is 10.5. The molecule has 0 saturated carbocycles. The summed E-state index contributed by atoms with van der Waals surface area (Å²) in [5, 5.41) is 10.6. The predicted molar refractivity (Wildman–Crippen MR) is 114 cm³/mol. The number of benzene rings is 1. The van der Waals surface area contributed by atoms with Gasteiger partial charge in [0.25, 0.3) is 5.91 Å². The molecule has 0 fully saturated rings. The summed E-state index contributed by atoms with van der Waals surface area (Å²) >= 11 is 0. The molecule has 1 aliphatic heterocycles. The molecule has 0 spiro atoms. The zero-order chi connectivity index (χ0) is 22.4. The summed E-state index contributed by atoms with van der Waals surface area (Å²) in [6.45, 7) is 8.59. The monoisotopic (exact) mass is 419 g/mol. The number of Topliss-reactive ketones (excluding diaryl/α,β-unsaturated/α-hetero) is 1. The summed E-state index contributed by atoms with van der Waals surface area (Å²) in [5.74, 6) is -0.0843. The lowest BCUT2D eigenvalue weighted by Gasteiger charge is -2.27. The van der Waals surface area contributed by atoms with E-state index in [1.165, 1.54) is 12.0 Å². The van der Waals surface area contributed by atoms with Crippen molar-refractivity contribution in [3.05, 3.63) is 35.1 Å². The van der Waals surface area contributed by atoms with Gasteiger partial charge in [0.05, 0.1) is 31.9 Å². The normalized spacial score (nSPS) is 16.7. The average Bonchev–Trinajstić information content (AvgIpc) is 2.94. The highest BCUT2D eigenvalue weighted by Gasteiger charge is 2.43. The van der Waals surface area contributed by atoms with Crippen molar-refractivity contribution in [3.63, 3.8) is 0 Å². The van der Waals surface area contributed by atoms with Crippen molar-refractivity contribution < 1.29 is 28.9 Å². The first-order chi connectivity index (χ1) is 14.2. The second-order valence-corrected chi connectivity index (χ2v) is 8.07. The minimum Gasteiger partial charge on any atom is -0.503 e. The quantitative estimate of drug-likeness (QED) is 0.549. The third-order valence-corrected chi connectivity index (χ3v) is 4.92. The summed E-state index contributed by atoms with van der Waals surface area (Å²) < 4.78 is 16.3. The van der Waals surface area contributed by atoms with Gasteiger partial charge in [0.1, 0.15) is 0 Å². The maximum Gasteiger partial charge on any atom is 0.290 e. The van der Waals surface area contributed by atoms with Crippen molar-refractivity contribution in [1.82, 2.24) is 4.90 Å². The highest BCUT2D eigenvalue weighted by molar-refractivity contribution is 6.09. The van der Waals surface area contributed by atoms with E-state index in [2.05, 4.69) is 0 Å². The number of methoxy groups -OCH3 is 2. The van der Waals surface area contributed by atoms with E-state index in [0.29, 0.717) is 36.6 Å². The molecule has 1 atom stereocenters. The molecular formula is C23H33NO6. The summed E-state index contributed by atoms with van der Waals surface area (Å²) in [5.41, 5.74) is 0.827. The number of nitrogens with zero attached hydrogens (tertiary/aromatic N) is 1. The molecule has 2 rings (SSSR count). The van der Waals surface area contributed by atoms with E-state index in [9.17, 15) is 14.7 Å². The van der Waals surface area contributed by atoms with E-state index in [1.54, 1.807) is 25.3 Å². The highest BCUT2D eigenvalue weighted by atomic mass is 16.5. The first-order valence-corrected chi connectivity index (χ1v) is 10.3. The molecule has 1 N–H and O–H groups in total. The fourth-order valence-corrected chi connectivity index (χ4v) is 3.57. The fraction of sp³-hybridized carbons (Fsp3) is 0.565. The Bertz CT molecular complexity index is 799. The SMILES string of the molecule is COc1ccc(C2C(C(=O)CC(C)C)=C(O)C(=O)N2CCCOC(C)C)cc1OC. The van der Waals surface area contributed by atoms with E-state index in [0.717, 1.165) is 0 Å². The number of amides is 1. The van der Waals surface area contributed by atoms with Gasteiger partial charge in [-0.15, -0.1) is 0 Å². The third kappa shape index (κ3) is 5.33. The van der Waals surface area contributed by atoms with Crippen LogP contribution in [0.15, 0.2) is 29.5 Å². The Labute approximate surface area is 178 Å². The summed E-state index contributed by atoms with van der Waals surface area (Å²) in [6.07, 6.45) is 0.934. The molecule has 1 aromatic rings. The van der Waals surface area contributed by atoms with Gasteiger partial charge in [-0.1, -0.05) is 19.9 Å². The zero-order valence-corrected chi connectivity index (χ0v) is 18.7. The number of carbonyl (C=O) groups excluding carboxylic acids is 2. The molecular weight excluding hydrogens is 386 g/mol. The number of rotatable bonds is 11. The van der Waals surface area contributed by atoms with Crippen LogP contribution in [-0.4, -0.2) is 55.2 Å². The minimum absolute atomic E-state index is 0.0932. The van der Waals surface area contributed by atoms with Crippen molar-refractivity contribution in [3.8, 4) is 11.5 Å². The van der Waals surface area contributed by atoms with Gasteiger partial charge < -0.3 is 24.2 Å². The maximum absolute atomic E-state index is 13.0. The Balaban J connectivity index is 2.42. The Kier molecular flexibility index (Phi) is 8.29. The molecule has 1 unspecified atom stereocenters. The van der Waals surface area contributed by atoms with Gasteiger partial charge in [-0.2, -0.15) is 0 Å². The van der Waals surface area contributed by atoms with E-state index >= 15 is 0 Å². The van der Waals surface area contributed by atoms with Gasteiger partial charge in [-0.25, -0.2) is 0 Å². The molecule has 7 nitrogen and oxygen atoms in total. The number of aliphatic hydroxyl groups is 1. The molecule has 1 aromatic carbocycles. The molecule has 30 heavy (non-hydrogen) atoms. The van der Waals surface area contributed by atoms with Crippen LogP contribution in [0.3, 0.4) is 0 Å². The minimum atomic E-state index is -0.678. The molecule has 1 amide bonds. The molecule has 0 saturated heterocycles. The van der Waals surface area contributed by atoms with E-state index in [1.807, 2.05) is 27.7 Å². The maximum atomic E-state index is 13.0. The molecule has 166 valence electrons. The van der Waals surface area contributed by atoms with E-state index in [4.69, 9.17) is 14.2 Å². The molecule has 0 bridgehead atoms. The van der Waals surface area contributed by atoms with Gasteiger partial charge in [-0.3, -0.25) is 9.59 Å². The Morgan fingerprint density at radius 2 is 1.80 bits per heavy atom. The standard InChI is InChI=1S/C23H33NO6/c1-14(2)12-17(25)20-21(16-8-9-18(28-5)19(13-16)29-6)24(23(27)22(20)26)10-7-11-30-15(3)4/h8-9,13-15,21,26H,7,10-12H2,1-6H3. The van der Waals surface area contributed by atoms with Crippen molar-refractivity contribution >= 4 is 11.7 Å². The predicted octanol–water partition coefficient (Wildman–Crippen LogP) is 3.83. The topological polar surface area (TPSA) is 85.3 Å². The first-order valence-electron chi connectivity index (χ1n) is 10.3.